The molecule has 7 atom stereocenters. The fraction of sp³-hybridized carbons (Fsp3) is 0.767. The Balaban J connectivity index is 1.54. The number of hydrogen-bond acceptors (Lipinski definition) is 5. The molecule has 0 N–H and O–H groups in total. The van der Waals surface area contributed by atoms with E-state index in [4.69, 9.17) is 20.2 Å². The molecule has 2 fully saturated rings. The maximum absolute atomic E-state index is 5.58. The van der Waals surface area contributed by atoms with E-state index in [9.17, 15) is 0 Å². The summed E-state index contributed by atoms with van der Waals surface area (Å²) < 4.78 is 0. The van der Waals surface area contributed by atoms with Crippen LogP contribution in [0.25, 0.3) is 0 Å². The molecule has 0 spiro atoms. The highest BCUT2D eigenvalue weighted by molar-refractivity contribution is 6.49. The number of unbranched alkanes of at least 4 members (excludes halogenated alkanes) is 2. The van der Waals surface area contributed by atoms with Crippen molar-refractivity contribution in [1.82, 2.24) is 14.9 Å². The first-order chi connectivity index (χ1) is 23.8. The van der Waals surface area contributed by atoms with E-state index in [1.807, 2.05) is 4.79 Å². The third-order valence-corrected chi connectivity index (χ3v) is 12.6. The van der Waals surface area contributed by atoms with Crippen LogP contribution in [0.15, 0.2) is 28.3 Å². The van der Waals surface area contributed by atoms with Crippen LogP contribution in [0.3, 0.4) is 0 Å². The first kappa shape index (κ1) is 37.7. The van der Waals surface area contributed by atoms with Crippen LogP contribution in [0, 0.1) is 29.6 Å². The van der Waals surface area contributed by atoms with E-state index < -0.39 is 0 Å². The summed E-state index contributed by atoms with van der Waals surface area (Å²) in [7, 11) is 0. The van der Waals surface area contributed by atoms with E-state index in [2.05, 4.69) is 78.5 Å². The average Bonchev–Trinajstić information content (AvgIpc) is 3.82. The molecule has 2 aromatic rings. The van der Waals surface area contributed by atoms with Crippen molar-refractivity contribution in [1.29, 1.82) is 0 Å². The first-order valence-corrected chi connectivity index (χ1v) is 20.8. The van der Waals surface area contributed by atoms with Crippen molar-refractivity contribution in [3.05, 3.63) is 35.4 Å². The standard InChI is InChI=1S/C43H70N6/c1-9-14-19-33(12-4)28-48(29-34(13-5)20-15-10-2)36-24-25-39(38(27-36)31(7)11-3)44-41-40(35-23-22-30(6)26-35)46-49-43(41)45-42(47-49)37-21-17-16-18-32(37)8/h24-25,27,30-35,37H,9-23,26,28-29H2,1-8H3. The van der Waals surface area contributed by atoms with Crippen LogP contribution in [-0.4, -0.2) is 39.4 Å². The number of benzene rings is 1. The van der Waals surface area contributed by atoms with Crippen molar-refractivity contribution in [2.75, 3.05) is 18.0 Å². The van der Waals surface area contributed by atoms with Crippen LogP contribution in [0.5, 0.6) is 0 Å². The van der Waals surface area contributed by atoms with Gasteiger partial charge in [0.1, 0.15) is 5.71 Å². The van der Waals surface area contributed by atoms with Crippen molar-refractivity contribution >= 4 is 22.8 Å². The van der Waals surface area contributed by atoms with Gasteiger partial charge in [0.15, 0.2) is 5.82 Å². The van der Waals surface area contributed by atoms with E-state index >= 15 is 0 Å². The highest BCUT2D eigenvalue weighted by Crippen LogP contribution is 2.40. The third kappa shape index (κ3) is 9.25. The number of aliphatic imine (C=N–C) groups is 1. The largest absolute Gasteiger partial charge is 0.371 e. The zero-order chi connectivity index (χ0) is 34.9. The van der Waals surface area contributed by atoms with Crippen molar-refractivity contribution < 1.29 is 0 Å². The highest BCUT2D eigenvalue weighted by atomic mass is 15.6. The van der Waals surface area contributed by atoms with Gasteiger partial charge in [-0.3, -0.25) is 0 Å². The molecule has 7 unspecified atom stereocenters. The summed E-state index contributed by atoms with van der Waals surface area (Å²) in [6, 6.07) is 7.22. The van der Waals surface area contributed by atoms with Crippen LogP contribution in [-0.2, 0) is 0 Å². The van der Waals surface area contributed by atoms with Gasteiger partial charge in [-0.2, -0.15) is 5.10 Å². The number of rotatable bonds is 18. The second-order valence-corrected chi connectivity index (χ2v) is 16.4. The van der Waals surface area contributed by atoms with Crippen molar-refractivity contribution in [3.8, 4) is 0 Å². The molecule has 272 valence electrons. The van der Waals surface area contributed by atoms with Gasteiger partial charge in [0.05, 0.1) is 11.4 Å². The minimum atomic E-state index is 0.412. The van der Waals surface area contributed by atoms with Crippen LogP contribution in [0.1, 0.15) is 187 Å². The van der Waals surface area contributed by atoms with Crippen LogP contribution < -0.4 is 4.90 Å². The maximum Gasteiger partial charge on any atom is 0.204 e. The molecule has 6 nitrogen and oxygen atoms in total. The minimum absolute atomic E-state index is 0.412. The monoisotopic (exact) mass is 671 g/mol. The topological polar surface area (TPSA) is 58.7 Å². The highest BCUT2D eigenvalue weighted by Gasteiger charge is 2.37. The number of hydrogen-bond donors (Lipinski definition) is 0. The summed E-state index contributed by atoms with van der Waals surface area (Å²) in [6.07, 6.45) is 20.1. The smallest absolute Gasteiger partial charge is 0.204 e. The molecule has 2 saturated carbocycles. The first-order valence-electron chi connectivity index (χ1n) is 20.8. The lowest BCUT2D eigenvalue weighted by atomic mass is 9.80. The number of fused-ring (bicyclic) bond motifs is 1. The number of aromatic nitrogens is 3. The van der Waals surface area contributed by atoms with E-state index in [0.29, 0.717) is 23.7 Å². The van der Waals surface area contributed by atoms with Crippen LogP contribution in [0.2, 0.25) is 0 Å². The van der Waals surface area contributed by atoms with E-state index in [-0.39, 0.29) is 0 Å². The lowest BCUT2D eigenvalue weighted by Gasteiger charge is -2.33. The summed E-state index contributed by atoms with van der Waals surface area (Å²) in [6.45, 7) is 21.2. The predicted octanol–water partition coefficient (Wildman–Crippen LogP) is 12.1. The molecule has 1 aliphatic heterocycles. The molecule has 2 heterocycles. The normalized spacial score (nSPS) is 25.0. The van der Waals surface area contributed by atoms with Crippen LogP contribution >= 0.6 is 0 Å². The molecular formula is C43H70N6. The quantitative estimate of drug-likeness (QED) is 0.159. The lowest BCUT2D eigenvalue weighted by molar-refractivity contribution is 0.319. The molecule has 5 rings (SSSR count). The van der Waals surface area contributed by atoms with Crippen molar-refractivity contribution in [2.24, 2.45) is 39.7 Å². The van der Waals surface area contributed by atoms with Gasteiger partial charge in [-0.15, -0.1) is 9.89 Å². The number of anilines is 1. The Kier molecular flexibility index (Phi) is 14.0. The van der Waals surface area contributed by atoms with Gasteiger partial charge in [0, 0.05) is 30.6 Å². The fourth-order valence-electron chi connectivity index (χ4n) is 8.81. The molecule has 0 saturated heterocycles. The summed E-state index contributed by atoms with van der Waals surface area (Å²) >= 11 is 0. The van der Waals surface area contributed by atoms with E-state index in [0.717, 1.165) is 66.0 Å². The second kappa shape index (κ2) is 18.1. The Bertz CT molecular complexity index is 1370. The zero-order valence-electron chi connectivity index (χ0n) is 32.7. The molecule has 1 aromatic heterocycles. The second-order valence-electron chi connectivity index (χ2n) is 16.4. The molecule has 0 amide bonds. The molecule has 2 aliphatic carbocycles. The van der Waals surface area contributed by atoms with Crippen LogP contribution in [0.4, 0.5) is 11.4 Å². The lowest BCUT2D eigenvalue weighted by Crippen LogP contribution is -2.34. The third-order valence-electron chi connectivity index (χ3n) is 12.6. The summed E-state index contributed by atoms with van der Waals surface area (Å²) in [5, 5.41) is 10.2. The van der Waals surface area contributed by atoms with Gasteiger partial charge in [-0.1, -0.05) is 120 Å². The molecule has 1 aromatic carbocycles. The molecule has 3 aliphatic rings. The zero-order valence-corrected chi connectivity index (χ0v) is 32.7. The van der Waals surface area contributed by atoms with E-state index in [1.165, 1.54) is 108 Å². The predicted molar refractivity (Wildman–Crippen MR) is 210 cm³/mol. The van der Waals surface area contributed by atoms with Crippen molar-refractivity contribution in [2.45, 2.75) is 170 Å². The van der Waals surface area contributed by atoms with Gasteiger partial charge in [-0.25, -0.2) is 9.98 Å². The Morgan fingerprint density at radius 1 is 0.878 bits per heavy atom. The molecule has 0 bridgehead atoms. The molecular weight excluding hydrogens is 601 g/mol. The van der Waals surface area contributed by atoms with Gasteiger partial charge in [0.2, 0.25) is 5.82 Å². The Morgan fingerprint density at radius 3 is 2.16 bits per heavy atom. The van der Waals surface area contributed by atoms with E-state index in [1.54, 1.807) is 0 Å². The Morgan fingerprint density at radius 2 is 1.57 bits per heavy atom. The summed E-state index contributed by atoms with van der Waals surface area (Å²) in [5.74, 6) is 5.92. The minimum Gasteiger partial charge on any atom is -0.371 e. The summed E-state index contributed by atoms with van der Waals surface area (Å²) in [4.78, 5) is 15.4. The molecule has 6 heteroatoms. The van der Waals surface area contributed by atoms with Gasteiger partial charge >= 0.3 is 0 Å². The SMILES string of the molecule is CCCCC(CC)CN(CC(CC)CCCC)c1ccc(N=C2C(C3CCC(C)C3)=Nn3nc(C4CCCCC4C)nc32)c(C(C)CC)c1. The van der Waals surface area contributed by atoms with Gasteiger partial charge in [0.25, 0.3) is 0 Å². The fourth-order valence-corrected chi connectivity index (χ4v) is 8.81. The molecule has 49 heavy (non-hydrogen) atoms. The average molecular weight is 671 g/mol. The Labute approximate surface area is 300 Å². The number of nitrogens with zero attached hydrogens (tertiary/aromatic N) is 6. The Hall–Kier alpha value is -2.50. The van der Waals surface area contributed by atoms with Gasteiger partial charge < -0.3 is 4.90 Å². The summed E-state index contributed by atoms with van der Waals surface area (Å²) in [5.41, 5.74) is 5.93. The van der Waals surface area contributed by atoms with Gasteiger partial charge in [-0.05, 0) is 91.9 Å². The van der Waals surface area contributed by atoms with Crippen molar-refractivity contribution in [3.63, 3.8) is 0 Å². The molecule has 0 radical (unpaired) electrons. The maximum atomic E-state index is 5.58.